The second-order valence-electron chi connectivity index (χ2n) is 5.17. The van der Waals surface area contributed by atoms with Crippen molar-refractivity contribution in [2.24, 2.45) is 0 Å². The molecule has 0 aliphatic heterocycles. The van der Waals surface area contributed by atoms with Gasteiger partial charge in [-0.05, 0) is 30.5 Å². The highest BCUT2D eigenvalue weighted by Gasteiger charge is 2.41. The summed E-state index contributed by atoms with van der Waals surface area (Å²) in [5.41, 5.74) is -0.317. The largest absolute Gasteiger partial charge is 0.493 e. The minimum absolute atomic E-state index is 0.0431. The molecular weight excluding hydrogens is 254 g/mol. The topological polar surface area (TPSA) is 38.7 Å². The highest BCUT2D eigenvalue weighted by atomic mass is 19.3. The Balaban J connectivity index is 2.46. The van der Waals surface area contributed by atoms with E-state index in [9.17, 15) is 13.9 Å². The normalized spacial score (nSPS) is 17.2. The molecular formula is C14H18F2O3. The minimum atomic E-state index is -3.03. The molecule has 0 atom stereocenters. The maximum atomic E-state index is 13.6. The zero-order valence-electron chi connectivity index (χ0n) is 11.3. The van der Waals surface area contributed by atoms with Crippen LogP contribution in [-0.2, 0) is 12.3 Å². The molecule has 3 nitrogen and oxygen atoms in total. The van der Waals surface area contributed by atoms with Crippen molar-refractivity contribution >= 4 is 0 Å². The Hall–Kier alpha value is -1.36. The average Bonchev–Trinajstić information content (AvgIpc) is 3.04. The average molecular weight is 272 g/mol. The summed E-state index contributed by atoms with van der Waals surface area (Å²) in [6, 6.07) is 3.03. The Morgan fingerprint density at radius 2 is 1.89 bits per heavy atom. The molecule has 0 aromatic heterocycles. The number of alkyl halides is 2. The number of ether oxygens (including phenoxy) is 2. The number of methoxy groups -OCH3 is 2. The molecule has 1 saturated carbocycles. The molecule has 19 heavy (non-hydrogen) atoms. The van der Waals surface area contributed by atoms with Crippen LogP contribution < -0.4 is 9.47 Å². The quantitative estimate of drug-likeness (QED) is 0.895. The van der Waals surface area contributed by atoms with Crippen LogP contribution >= 0.6 is 0 Å². The van der Waals surface area contributed by atoms with E-state index in [4.69, 9.17) is 9.47 Å². The van der Waals surface area contributed by atoms with Crippen LogP contribution in [0.4, 0.5) is 8.78 Å². The molecule has 1 aliphatic carbocycles. The summed E-state index contributed by atoms with van der Waals surface area (Å²) in [5, 5.41) is 9.91. The molecule has 0 heterocycles. The summed E-state index contributed by atoms with van der Waals surface area (Å²) >= 11 is 0. The summed E-state index contributed by atoms with van der Waals surface area (Å²) in [6.45, 7) is 0.819. The smallest absolute Gasteiger partial charge is 0.274 e. The molecule has 106 valence electrons. The van der Waals surface area contributed by atoms with Gasteiger partial charge in [-0.3, -0.25) is 0 Å². The molecule has 5 heteroatoms. The van der Waals surface area contributed by atoms with Gasteiger partial charge in [0.05, 0.1) is 25.4 Å². The highest BCUT2D eigenvalue weighted by molar-refractivity contribution is 5.51. The van der Waals surface area contributed by atoms with E-state index < -0.39 is 11.5 Å². The summed E-state index contributed by atoms with van der Waals surface area (Å²) in [4.78, 5) is 0. The number of benzene rings is 1. The molecule has 1 aromatic rings. The van der Waals surface area contributed by atoms with Crippen LogP contribution in [0.2, 0.25) is 0 Å². The SMILES string of the molecule is COc1cc(CC2(O)CC2)cc(C(C)(F)F)c1OC. The van der Waals surface area contributed by atoms with Gasteiger partial charge in [-0.1, -0.05) is 0 Å². The van der Waals surface area contributed by atoms with Gasteiger partial charge in [0.1, 0.15) is 0 Å². The van der Waals surface area contributed by atoms with Crippen molar-refractivity contribution in [3.8, 4) is 11.5 Å². The van der Waals surface area contributed by atoms with Crippen molar-refractivity contribution in [3.63, 3.8) is 0 Å². The standard InChI is InChI=1S/C14H18F2O3/c1-13(15,16)10-6-9(8-14(17)4-5-14)7-11(18-2)12(10)19-3/h6-7,17H,4-5,8H2,1-3H3. The van der Waals surface area contributed by atoms with Gasteiger partial charge in [0.15, 0.2) is 11.5 Å². The van der Waals surface area contributed by atoms with Gasteiger partial charge in [0.2, 0.25) is 0 Å². The number of hydrogen-bond acceptors (Lipinski definition) is 3. The first-order valence-corrected chi connectivity index (χ1v) is 6.15. The molecule has 0 bridgehead atoms. The van der Waals surface area contributed by atoms with E-state index in [1.54, 1.807) is 6.07 Å². The van der Waals surface area contributed by atoms with E-state index in [0.717, 1.165) is 6.92 Å². The molecule has 1 fully saturated rings. The van der Waals surface area contributed by atoms with Gasteiger partial charge in [-0.15, -0.1) is 0 Å². The number of rotatable bonds is 5. The lowest BCUT2D eigenvalue weighted by molar-refractivity contribution is 0.0145. The van der Waals surface area contributed by atoms with Crippen LogP contribution in [0.15, 0.2) is 12.1 Å². The zero-order chi connectivity index (χ0) is 14.3. The number of aliphatic hydroxyl groups is 1. The van der Waals surface area contributed by atoms with Gasteiger partial charge in [0.25, 0.3) is 5.92 Å². The lowest BCUT2D eigenvalue weighted by atomic mass is 9.99. The Bertz CT molecular complexity index is 476. The van der Waals surface area contributed by atoms with Gasteiger partial charge >= 0.3 is 0 Å². The Morgan fingerprint density at radius 3 is 2.32 bits per heavy atom. The fourth-order valence-corrected chi connectivity index (χ4v) is 2.15. The van der Waals surface area contributed by atoms with Gasteiger partial charge in [0, 0.05) is 13.3 Å². The summed E-state index contributed by atoms with van der Waals surface area (Å²) in [7, 11) is 2.74. The van der Waals surface area contributed by atoms with Crippen LogP contribution in [-0.4, -0.2) is 24.9 Å². The van der Waals surface area contributed by atoms with Gasteiger partial charge < -0.3 is 14.6 Å². The van der Waals surface area contributed by atoms with Crippen molar-refractivity contribution in [1.29, 1.82) is 0 Å². The Kier molecular flexibility index (Phi) is 3.43. The predicted octanol–water partition coefficient (Wildman–Crippen LogP) is 2.88. The maximum Gasteiger partial charge on any atom is 0.274 e. The van der Waals surface area contributed by atoms with Gasteiger partial charge in [-0.2, -0.15) is 0 Å². The number of halogens is 2. The maximum absolute atomic E-state index is 13.6. The molecule has 0 amide bonds. The molecule has 1 N–H and O–H groups in total. The van der Waals surface area contributed by atoms with Crippen LogP contribution in [0.1, 0.15) is 30.9 Å². The van der Waals surface area contributed by atoms with E-state index in [1.807, 2.05) is 0 Å². The highest BCUT2D eigenvalue weighted by Crippen LogP contribution is 2.44. The molecule has 0 radical (unpaired) electrons. The summed E-state index contributed by atoms with van der Waals surface area (Å²) in [6.07, 6.45) is 1.77. The lowest BCUT2D eigenvalue weighted by Gasteiger charge is -2.20. The van der Waals surface area contributed by atoms with Crippen LogP contribution in [0.5, 0.6) is 11.5 Å². The van der Waals surface area contributed by atoms with Crippen molar-refractivity contribution < 1.29 is 23.4 Å². The Morgan fingerprint density at radius 1 is 1.26 bits per heavy atom. The third-order valence-electron chi connectivity index (χ3n) is 3.37. The van der Waals surface area contributed by atoms with Crippen molar-refractivity contribution in [1.82, 2.24) is 0 Å². The lowest BCUT2D eigenvalue weighted by Crippen LogP contribution is -2.14. The van der Waals surface area contributed by atoms with Gasteiger partial charge in [-0.25, -0.2) is 8.78 Å². The van der Waals surface area contributed by atoms with Crippen LogP contribution in [0.25, 0.3) is 0 Å². The van der Waals surface area contributed by atoms with E-state index in [-0.39, 0.29) is 17.1 Å². The minimum Gasteiger partial charge on any atom is -0.493 e. The fourth-order valence-electron chi connectivity index (χ4n) is 2.15. The molecule has 0 spiro atoms. The first-order chi connectivity index (χ1) is 8.79. The van der Waals surface area contributed by atoms with E-state index in [0.29, 0.717) is 24.8 Å². The van der Waals surface area contributed by atoms with Crippen molar-refractivity contribution in [2.45, 2.75) is 37.7 Å². The zero-order valence-corrected chi connectivity index (χ0v) is 11.3. The molecule has 1 aromatic carbocycles. The van der Waals surface area contributed by atoms with E-state index >= 15 is 0 Å². The molecule has 0 saturated heterocycles. The Labute approximate surface area is 111 Å². The molecule has 1 aliphatic rings. The van der Waals surface area contributed by atoms with Crippen molar-refractivity contribution in [2.75, 3.05) is 14.2 Å². The first-order valence-electron chi connectivity index (χ1n) is 6.15. The van der Waals surface area contributed by atoms with Crippen molar-refractivity contribution in [3.05, 3.63) is 23.3 Å². The number of hydrogen-bond donors (Lipinski definition) is 1. The second kappa shape index (κ2) is 4.63. The summed E-state index contributed by atoms with van der Waals surface area (Å²) < 4.78 is 37.4. The predicted molar refractivity (Wildman–Crippen MR) is 67.0 cm³/mol. The molecule has 0 unspecified atom stereocenters. The monoisotopic (exact) mass is 272 g/mol. The fraction of sp³-hybridized carbons (Fsp3) is 0.571. The van der Waals surface area contributed by atoms with Crippen LogP contribution in [0.3, 0.4) is 0 Å². The van der Waals surface area contributed by atoms with Crippen LogP contribution in [0, 0.1) is 0 Å². The first kappa shape index (κ1) is 14.1. The third-order valence-corrected chi connectivity index (χ3v) is 3.37. The second-order valence-corrected chi connectivity index (χ2v) is 5.17. The summed E-state index contributed by atoms with van der Waals surface area (Å²) in [5.74, 6) is -2.72. The third kappa shape index (κ3) is 2.97. The van der Waals surface area contributed by atoms with E-state index in [1.165, 1.54) is 20.3 Å². The van der Waals surface area contributed by atoms with E-state index in [2.05, 4.69) is 0 Å². The molecule has 2 rings (SSSR count).